The first kappa shape index (κ1) is 18.4. The smallest absolute Gasteiger partial charge is 0.387 e. The number of alkyl halides is 2. The van der Waals surface area contributed by atoms with Crippen LogP contribution in [-0.4, -0.2) is 15.0 Å². The van der Waals surface area contributed by atoms with Gasteiger partial charge in [0.15, 0.2) is 0 Å². The van der Waals surface area contributed by atoms with Gasteiger partial charge in [-0.05, 0) is 44.0 Å². The van der Waals surface area contributed by atoms with Gasteiger partial charge in [0.25, 0.3) is 0 Å². The van der Waals surface area contributed by atoms with Crippen LogP contribution < -0.4 is 9.46 Å². The van der Waals surface area contributed by atoms with Crippen molar-refractivity contribution in [2.45, 2.75) is 38.3 Å². The SMILES string of the molecule is Cc1ccc(C)c(S(=O)(=O)N[C@H](C)c2ccccc2OC(F)F)c1. The number of hydrogen-bond donors (Lipinski definition) is 1. The molecule has 24 heavy (non-hydrogen) atoms. The van der Waals surface area contributed by atoms with Crippen molar-refractivity contribution in [1.29, 1.82) is 0 Å². The van der Waals surface area contributed by atoms with E-state index in [2.05, 4.69) is 9.46 Å². The average molecular weight is 355 g/mol. The van der Waals surface area contributed by atoms with E-state index in [0.717, 1.165) is 5.56 Å². The lowest BCUT2D eigenvalue weighted by Crippen LogP contribution is -2.28. The molecule has 0 saturated carbocycles. The third-order valence-corrected chi connectivity index (χ3v) is 5.25. The van der Waals surface area contributed by atoms with Crippen molar-refractivity contribution in [1.82, 2.24) is 4.72 Å². The van der Waals surface area contributed by atoms with Crippen LogP contribution in [0.25, 0.3) is 0 Å². The second kappa shape index (κ2) is 7.27. The summed E-state index contributed by atoms with van der Waals surface area (Å²) in [5.74, 6) is -0.0522. The summed E-state index contributed by atoms with van der Waals surface area (Å²) in [5, 5.41) is 0. The van der Waals surface area contributed by atoms with Crippen molar-refractivity contribution in [3.8, 4) is 5.75 Å². The molecular formula is C17H19F2NO3S. The van der Waals surface area contributed by atoms with Crippen LogP contribution in [0.1, 0.15) is 29.7 Å². The molecule has 0 radical (unpaired) electrons. The van der Waals surface area contributed by atoms with E-state index in [4.69, 9.17) is 0 Å². The van der Waals surface area contributed by atoms with Gasteiger partial charge in [0.05, 0.1) is 4.90 Å². The molecule has 7 heteroatoms. The van der Waals surface area contributed by atoms with Gasteiger partial charge in [0.2, 0.25) is 10.0 Å². The zero-order chi connectivity index (χ0) is 17.9. The number of benzene rings is 2. The fourth-order valence-corrected chi connectivity index (χ4v) is 3.95. The van der Waals surface area contributed by atoms with Crippen molar-refractivity contribution in [3.63, 3.8) is 0 Å². The Bertz CT molecular complexity index is 822. The molecule has 1 N–H and O–H groups in total. The van der Waals surface area contributed by atoms with Crippen LogP contribution in [0.5, 0.6) is 5.75 Å². The number of hydrogen-bond acceptors (Lipinski definition) is 3. The second-order valence-electron chi connectivity index (χ2n) is 5.53. The minimum Gasteiger partial charge on any atom is -0.434 e. The fraction of sp³-hybridized carbons (Fsp3) is 0.294. The van der Waals surface area contributed by atoms with Gasteiger partial charge >= 0.3 is 6.61 Å². The Kier molecular flexibility index (Phi) is 5.56. The molecule has 0 aliphatic heterocycles. The maximum atomic E-state index is 12.6. The number of nitrogens with one attached hydrogen (secondary N) is 1. The quantitative estimate of drug-likeness (QED) is 0.854. The molecular weight excluding hydrogens is 336 g/mol. The number of aryl methyl sites for hydroxylation is 2. The number of sulfonamides is 1. The first-order valence-electron chi connectivity index (χ1n) is 7.34. The largest absolute Gasteiger partial charge is 0.434 e. The summed E-state index contributed by atoms with van der Waals surface area (Å²) < 4.78 is 57.2. The number of para-hydroxylation sites is 1. The summed E-state index contributed by atoms with van der Waals surface area (Å²) in [7, 11) is -3.80. The second-order valence-corrected chi connectivity index (χ2v) is 7.21. The molecule has 2 aromatic carbocycles. The first-order valence-corrected chi connectivity index (χ1v) is 8.82. The Labute approximate surface area is 140 Å². The summed E-state index contributed by atoms with van der Waals surface area (Å²) in [6.45, 7) is 2.10. The lowest BCUT2D eigenvalue weighted by Gasteiger charge is -2.19. The molecule has 2 aromatic rings. The molecule has 0 bridgehead atoms. The maximum Gasteiger partial charge on any atom is 0.387 e. The van der Waals surface area contributed by atoms with E-state index in [0.29, 0.717) is 11.1 Å². The third kappa shape index (κ3) is 4.30. The molecule has 0 amide bonds. The molecule has 2 rings (SSSR count). The summed E-state index contributed by atoms with van der Waals surface area (Å²) in [5.41, 5.74) is 1.76. The lowest BCUT2D eigenvalue weighted by molar-refractivity contribution is -0.0506. The van der Waals surface area contributed by atoms with Crippen molar-refractivity contribution < 1.29 is 21.9 Å². The van der Waals surface area contributed by atoms with Gasteiger partial charge < -0.3 is 4.74 Å². The van der Waals surface area contributed by atoms with Crippen LogP contribution in [0.2, 0.25) is 0 Å². The van der Waals surface area contributed by atoms with Crippen molar-refractivity contribution in [3.05, 3.63) is 59.2 Å². The average Bonchev–Trinajstić information content (AvgIpc) is 2.49. The third-order valence-electron chi connectivity index (χ3n) is 3.57. The van der Waals surface area contributed by atoms with Crippen molar-refractivity contribution in [2.24, 2.45) is 0 Å². The molecule has 0 fully saturated rings. The minimum absolute atomic E-state index is 0.0522. The van der Waals surface area contributed by atoms with E-state index >= 15 is 0 Å². The fourth-order valence-electron chi connectivity index (χ4n) is 2.40. The Balaban J connectivity index is 2.32. The van der Waals surface area contributed by atoms with Gasteiger partial charge in [-0.25, -0.2) is 13.1 Å². The van der Waals surface area contributed by atoms with Crippen LogP contribution in [0, 0.1) is 13.8 Å². The van der Waals surface area contributed by atoms with E-state index < -0.39 is 22.7 Å². The molecule has 1 atom stereocenters. The Hall–Kier alpha value is -1.99. The molecule has 4 nitrogen and oxygen atoms in total. The molecule has 0 aliphatic rings. The first-order chi connectivity index (χ1) is 11.2. The standard InChI is InChI=1S/C17H19F2NO3S/c1-11-8-9-12(2)16(10-11)24(21,22)20-13(3)14-6-4-5-7-15(14)23-17(18)19/h4-10,13,17,20H,1-3H3/t13-/m1/s1. The summed E-state index contributed by atoms with van der Waals surface area (Å²) in [6.07, 6.45) is 0. The van der Waals surface area contributed by atoms with Gasteiger partial charge in [-0.1, -0.05) is 30.3 Å². The van der Waals surface area contributed by atoms with E-state index in [1.807, 2.05) is 6.07 Å². The van der Waals surface area contributed by atoms with E-state index in [-0.39, 0.29) is 10.6 Å². The van der Waals surface area contributed by atoms with E-state index in [1.165, 1.54) is 6.07 Å². The number of halogens is 2. The highest BCUT2D eigenvalue weighted by Crippen LogP contribution is 2.28. The number of ether oxygens (including phenoxy) is 1. The van der Waals surface area contributed by atoms with Crippen LogP contribution in [0.15, 0.2) is 47.4 Å². The van der Waals surface area contributed by atoms with Crippen molar-refractivity contribution >= 4 is 10.0 Å². The van der Waals surface area contributed by atoms with Gasteiger partial charge in [-0.3, -0.25) is 0 Å². The Morgan fingerprint density at radius 2 is 1.75 bits per heavy atom. The molecule has 130 valence electrons. The highest BCUT2D eigenvalue weighted by molar-refractivity contribution is 7.89. The summed E-state index contributed by atoms with van der Waals surface area (Å²) in [6, 6.07) is 10.5. The zero-order valence-corrected chi connectivity index (χ0v) is 14.4. The van der Waals surface area contributed by atoms with Gasteiger partial charge in [-0.15, -0.1) is 0 Å². The van der Waals surface area contributed by atoms with E-state index in [1.54, 1.807) is 51.1 Å². The Morgan fingerprint density at radius 1 is 1.08 bits per heavy atom. The number of rotatable bonds is 6. The zero-order valence-electron chi connectivity index (χ0n) is 13.6. The van der Waals surface area contributed by atoms with Crippen LogP contribution in [-0.2, 0) is 10.0 Å². The Morgan fingerprint density at radius 3 is 2.42 bits per heavy atom. The monoisotopic (exact) mass is 355 g/mol. The van der Waals surface area contributed by atoms with E-state index in [9.17, 15) is 17.2 Å². The topological polar surface area (TPSA) is 55.4 Å². The van der Waals surface area contributed by atoms with Gasteiger partial charge in [-0.2, -0.15) is 8.78 Å². The summed E-state index contributed by atoms with van der Waals surface area (Å²) in [4.78, 5) is 0.168. The van der Waals surface area contributed by atoms with Crippen molar-refractivity contribution in [2.75, 3.05) is 0 Å². The molecule has 0 saturated heterocycles. The lowest BCUT2D eigenvalue weighted by atomic mass is 10.1. The predicted molar refractivity (Wildman–Crippen MR) is 87.7 cm³/mol. The van der Waals surface area contributed by atoms with Crippen LogP contribution >= 0.6 is 0 Å². The van der Waals surface area contributed by atoms with Crippen LogP contribution in [0.3, 0.4) is 0 Å². The summed E-state index contributed by atoms with van der Waals surface area (Å²) >= 11 is 0. The molecule has 0 unspecified atom stereocenters. The molecule has 0 aliphatic carbocycles. The molecule has 0 spiro atoms. The maximum absolute atomic E-state index is 12.6. The molecule has 0 aromatic heterocycles. The van der Waals surface area contributed by atoms with Gasteiger partial charge in [0, 0.05) is 11.6 Å². The highest BCUT2D eigenvalue weighted by Gasteiger charge is 2.23. The predicted octanol–water partition coefficient (Wildman–Crippen LogP) is 3.94. The highest BCUT2D eigenvalue weighted by atomic mass is 32.2. The molecule has 0 heterocycles. The minimum atomic E-state index is -3.80. The normalized spacial score (nSPS) is 13.1. The van der Waals surface area contributed by atoms with Gasteiger partial charge in [0.1, 0.15) is 5.75 Å². The van der Waals surface area contributed by atoms with Crippen LogP contribution in [0.4, 0.5) is 8.78 Å².